The summed E-state index contributed by atoms with van der Waals surface area (Å²) in [5, 5.41) is 3.52. The summed E-state index contributed by atoms with van der Waals surface area (Å²) in [6.07, 6.45) is 2.20. The molecule has 0 spiro atoms. The van der Waals surface area contributed by atoms with Crippen molar-refractivity contribution in [2.75, 3.05) is 17.6 Å². The third kappa shape index (κ3) is 3.44. The number of hydrogen-bond donors (Lipinski definition) is 2. The highest BCUT2D eigenvalue weighted by Crippen LogP contribution is 2.34. The number of benzene rings is 1. The van der Waals surface area contributed by atoms with Gasteiger partial charge in [-0.2, -0.15) is 0 Å². The standard InChI is InChI=1S/C15H21Cl2N3O/c1-9(20-6-4-5-15(20,2)3)14(21)19-13-11(16)7-10(18)8-12(13)17/h7-9H,4-6,18H2,1-3H3,(H,19,21). The Morgan fingerprint density at radius 2 is 1.95 bits per heavy atom. The molecule has 1 aliphatic heterocycles. The molecule has 1 aromatic carbocycles. The van der Waals surface area contributed by atoms with Crippen LogP contribution in [-0.4, -0.2) is 28.9 Å². The van der Waals surface area contributed by atoms with Crippen LogP contribution in [-0.2, 0) is 4.79 Å². The molecule has 116 valence electrons. The molecule has 1 fully saturated rings. The highest BCUT2D eigenvalue weighted by atomic mass is 35.5. The summed E-state index contributed by atoms with van der Waals surface area (Å²) in [5.41, 5.74) is 6.58. The minimum absolute atomic E-state index is 0.0332. The lowest BCUT2D eigenvalue weighted by molar-refractivity contribution is -0.122. The molecule has 1 unspecified atom stereocenters. The molecule has 0 bridgehead atoms. The fourth-order valence-corrected chi connectivity index (χ4v) is 3.53. The largest absolute Gasteiger partial charge is 0.399 e. The van der Waals surface area contributed by atoms with Crippen molar-refractivity contribution in [2.45, 2.75) is 45.2 Å². The molecule has 2 rings (SSSR count). The first-order chi connectivity index (χ1) is 9.72. The number of nitrogens with two attached hydrogens (primary N) is 1. The van der Waals surface area contributed by atoms with Crippen molar-refractivity contribution in [1.29, 1.82) is 0 Å². The van der Waals surface area contributed by atoms with E-state index in [-0.39, 0.29) is 17.5 Å². The van der Waals surface area contributed by atoms with Crippen molar-refractivity contribution in [1.82, 2.24) is 4.90 Å². The van der Waals surface area contributed by atoms with Crippen LogP contribution in [0.4, 0.5) is 11.4 Å². The molecule has 0 radical (unpaired) electrons. The first kappa shape index (κ1) is 16.4. The van der Waals surface area contributed by atoms with Gasteiger partial charge in [-0.1, -0.05) is 23.2 Å². The summed E-state index contributed by atoms with van der Waals surface area (Å²) >= 11 is 12.2. The smallest absolute Gasteiger partial charge is 0.241 e. The zero-order valence-corrected chi connectivity index (χ0v) is 14.1. The molecule has 3 N–H and O–H groups in total. The van der Waals surface area contributed by atoms with Gasteiger partial charge >= 0.3 is 0 Å². The van der Waals surface area contributed by atoms with Gasteiger partial charge in [0.2, 0.25) is 5.91 Å². The number of nitrogens with zero attached hydrogens (tertiary/aromatic N) is 1. The minimum atomic E-state index is -0.243. The number of anilines is 2. The molecule has 0 saturated carbocycles. The van der Waals surface area contributed by atoms with Crippen LogP contribution in [0.25, 0.3) is 0 Å². The summed E-state index contributed by atoms with van der Waals surface area (Å²) in [6, 6.07) is 2.91. The van der Waals surface area contributed by atoms with Crippen molar-refractivity contribution in [2.24, 2.45) is 0 Å². The Kier molecular flexibility index (Phi) is 4.71. The van der Waals surface area contributed by atoms with Crippen molar-refractivity contribution in [3.8, 4) is 0 Å². The van der Waals surface area contributed by atoms with Crippen molar-refractivity contribution >= 4 is 40.5 Å². The summed E-state index contributed by atoms with van der Waals surface area (Å²) in [7, 11) is 0. The number of hydrogen-bond acceptors (Lipinski definition) is 3. The maximum Gasteiger partial charge on any atom is 0.241 e. The quantitative estimate of drug-likeness (QED) is 0.829. The lowest BCUT2D eigenvalue weighted by atomic mass is 10.0. The number of carbonyl (C=O) groups is 1. The summed E-state index contributed by atoms with van der Waals surface area (Å²) in [6.45, 7) is 7.15. The first-order valence-electron chi connectivity index (χ1n) is 7.04. The topological polar surface area (TPSA) is 58.4 Å². The van der Waals surface area contributed by atoms with E-state index in [2.05, 4.69) is 24.1 Å². The Morgan fingerprint density at radius 3 is 2.43 bits per heavy atom. The van der Waals surface area contributed by atoms with E-state index in [9.17, 15) is 4.79 Å². The van der Waals surface area contributed by atoms with Crippen molar-refractivity contribution < 1.29 is 4.79 Å². The zero-order valence-electron chi connectivity index (χ0n) is 12.5. The third-order valence-electron chi connectivity index (χ3n) is 4.12. The van der Waals surface area contributed by atoms with Crippen LogP contribution in [0.5, 0.6) is 0 Å². The van der Waals surface area contributed by atoms with Gasteiger partial charge < -0.3 is 11.1 Å². The van der Waals surface area contributed by atoms with Gasteiger partial charge in [-0.15, -0.1) is 0 Å². The molecular weight excluding hydrogens is 309 g/mol. The van der Waals surface area contributed by atoms with E-state index in [4.69, 9.17) is 28.9 Å². The van der Waals surface area contributed by atoms with Crippen molar-refractivity contribution in [3.05, 3.63) is 22.2 Å². The number of rotatable bonds is 3. The third-order valence-corrected chi connectivity index (χ3v) is 4.72. The van der Waals surface area contributed by atoms with E-state index < -0.39 is 0 Å². The Labute approximate surface area is 135 Å². The van der Waals surface area contributed by atoms with Crippen molar-refractivity contribution in [3.63, 3.8) is 0 Å². The Morgan fingerprint density at radius 1 is 1.38 bits per heavy atom. The molecule has 1 heterocycles. The normalized spacial score (nSPS) is 19.5. The maximum atomic E-state index is 12.5. The second-order valence-electron chi connectivity index (χ2n) is 6.13. The average Bonchev–Trinajstić information content (AvgIpc) is 2.72. The first-order valence-corrected chi connectivity index (χ1v) is 7.80. The molecule has 0 aromatic heterocycles. The lowest BCUT2D eigenvalue weighted by Gasteiger charge is -2.35. The molecule has 6 heteroatoms. The van der Waals surface area contributed by atoms with Crippen LogP contribution in [0, 0.1) is 0 Å². The fourth-order valence-electron chi connectivity index (χ4n) is 2.93. The average molecular weight is 330 g/mol. The highest BCUT2D eigenvalue weighted by molar-refractivity contribution is 6.40. The number of nitrogens with one attached hydrogen (secondary N) is 1. The van der Waals surface area contributed by atoms with Gasteiger partial charge in [0.05, 0.1) is 21.8 Å². The zero-order chi connectivity index (χ0) is 15.8. The fraction of sp³-hybridized carbons (Fsp3) is 0.533. The molecule has 0 aliphatic carbocycles. The Bertz CT molecular complexity index is 537. The van der Waals surface area contributed by atoms with Gasteiger partial charge in [-0.05, 0) is 52.3 Å². The summed E-state index contributed by atoms with van der Waals surface area (Å²) < 4.78 is 0. The van der Waals surface area contributed by atoms with Crippen LogP contribution in [0.15, 0.2) is 12.1 Å². The lowest BCUT2D eigenvalue weighted by Crippen LogP contribution is -2.49. The van der Waals surface area contributed by atoms with E-state index in [1.807, 2.05) is 6.92 Å². The highest BCUT2D eigenvalue weighted by Gasteiger charge is 2.37. The van der Waals surface area contributed by atoms with E-state index in [0.29, 0.717) is 21.4 Å². The summed E-state index contributed by atoms with van der Waals surface area (Å²) in [4.78, 5) is 14.7. The number of halogens is 2. The van der Waals surface area contributed by atoms with Crippen LogP contribution in [0.3, 0.4) is 0 Å². The van der Waals surface area contributed by atoms with E-state index in [1.54, 1.807) is 12.1 Å². The summed E-state index contributed by atoms with van der Waals surface area (Å²) in [5.74, 6) is -0.112. The molecular formula is C15H21Cl2N3O. The van der Waals surface area contributed by atoms with Crippen LogP contribution < -0.4 is 11.1 Å². The number of carbonyl (C=O) groups excluding carboxylic acids is 1. The predicted molar refractivity (Wildman–Crippen MR) is 89.0 cm³/mol. The Hall–Kier alpha value is -0.970. The second-order valence-corrected chi connectivity index (χ2v) is 6.95. The van der Waals surface area contributed by atoms with Crippen LogP contribution in [0.1, 0.15) is 33.6 Å². The second kappa shape index (κ2) is 6.03. The maximum absolute atomic E-state index is 12.5. The number of amides is 1. The molecule has 1 amide bonds. The van der Waals surface area contributed by atoms with Gasteiger partial charge in [0.1, 0.15) is 0 Å². The van der Waals surface area contributed by atoms with Crippen LogP contribution >= 0.6 is 23.2 Å². The monoisotopic (exact) mass is 329 g/mol. The van der Waals surface area contributed by atoms with E-state index in [0.717, 1.165) is 19.4 Å². The molecule has 1 aromatic rings. The SMILES string of the molecule is CC(C(=O)Nc1c(Cl)cc(N)cc1Cl)N1CCCC1(C)C. The van der Waals surface area contributed by atoms with Crippen LogP contribution in [0.2, 0.25) is 10.0 Å². The van der Waals surface area contributed by atoms with Gasteiger partial charge in [0.25, 0.3) is 0 Å². The molecule has 21 heavy (non-hydrogen) atoms. The number of nitrogen functional groups attached to an aromatic ring is 1. The van der Waals surface area contributed by atoms with E-state index in [1.165, 1.54) is 0 Å². The molecule has 1 atom stereocenters. The number of likely N-dealkylation sites (tertiary alicyclic amines) is 1. The van der Waals surface area contributed by atoms with Gasteiger partial charge in [0, 0.05) is 11.2 Å². The minimum Gasteiger partial charge on any atom is -0.399 e. The molecule has 1 saturated heterocycles. The molecule has 4 nitrogen and oxygen atoms in total. The van der Waals surface area contributed by atoms with Gasteiger partial charge in [0.15, 0.2) is 0 Å². The predicted octanol–water partition coefficient (Wildman–Crippen LogP) is 3.78. The van der Waals surface area contributed by atoms with Gasteiger partial charge in [-0.25, -0.2) is 0 Å². The van der Waals surface area contributed by atoms with E-state index >= 15 is 0 Å². The molecule has 1 aliphatic rings. The Balaban J connectivity index is 2.15. The van der Waals surface area contributed by atoms with Gasteiger partial charge in [-0.3, -0.25) is 9.69 Å².